The van der Waals surface area contributed by atoms with E-state index in [-0.39, 0.29) is 19.1 Å². The highest BCUT2D eigenvalue weighted by Crippen LogP contribution is 2.44. The third-order valence-electron chi connectivity index (χ3n) is 6.39. The summed E-state index contributed by atoms with van der Waals surface area (Å²) in [5.41, 5.74) is 3.60. The number of hydroxylamine groups is 2. The Hall–Kier alpha value is -3.39. The van der Waals surface area contributed by atoms with E-state index in [1.165, 1.54) is 7.05 Å². The van der Waals surface area contributed by atoms with Crippen molar-refractivity contribution in [2.45, 2.75) is 32.6 Å². The number of nitrogens with zero attached hydrogens (tertiary/aromatic N) is 1. The van der Waals surface area contributed by atoms with Gasteiger partial charge in [0.05, 0.1) is 5.41 Å². The Kier molecular flexibility index (Phi) is 7.71. The van der Waals surface area contributed by atoms with Crippen LogP contribution < -0.4 is 5.32 Å². The molecule has 0 aromatic heterocycles. The first-order chi connectivity index (χ1) is 15.8. The van der Waals surface area contributed by atoms with Gasteiger partial charge in [-0.05, 0) is 35.1 Å². The van der Waals surface area contributed by atoms with E-state index in [2.05, 4.69) is 17.4 Å². The SMILES string of the molecule is CCC(CC)(CNC(=O)OCC1c2ccccc2-c2ccccc21)C(=O)N(C)OCC(=O)O. The van der Waals surface area contributed by atoms with E-state index >= 15 is 0 Å². The summed E-state index contributed by atoms with van der Waals surface area (Å²) in [4.78, 5) is 41.2. The van der Waals surface area contributed by atoms with Gasteiger partial charge in [0.1, 0.15) is 6.61 Å². The topological polar surface area (TPSA) is 105 Å². The van der Waals surface area contributed by atoms with Gasteiger partial charge in [0, 0.05) is 19.5 Å². The second-order valence-corrected chi connectivity index (χ2v) is 8.14. The predicted octanol–water partition coefficient (Wildman–Crippen LogP) is 3.81. The van der Waals surface area contributed by atoms with Crippen molar-refractivity contribution >= 4 is 18.0 Å². The molecule has 3 rings (SSSR count). The number of carboxylic acids is 1. The van der Waals surface area contributed by atoms with Gasteiger partial charge in [-0.25, -0.2) is 14.7 Å². The first-order valence-corrected chi connectivity index (χ1v) is 11.0. The molecule has 0 aliphatic heterocycles. The van der Waals surface area contributed by atoms with Crippen LogP contribution in [0.3, 0.4) is 0 Å². The number of benzene rings is 2. The van der Waals surface area contributed by atoms with Crippen molar-refractivity contribution in [2.75, 3.05) is 26.8 Å². The number of alkyl carbamates (subject to hydrolysis) is 1. The molecular weight excluding hydrogens is 424 g/mol. The fourth-order valence-electron chi connectivity index (χ4n) is 4.31. The largest absolute Gasteiger partial charge is 0.479 e. The second kappa shape index (κ2) is 10.5. The number of aliphatic carboxylic acids is 1. The highest BCUT2D eigenvalue weighted by atomic mass is 16.7. The highest BCUT2D eigenvalue weighted by molar-refractivity contribution is 5.83. The minimum atomic E-state index is -1.18. The third-order valence-corrected chi connectivity index (χ3v) is 6.39. The maximum Gasteiger partial charge on any atom is 0.407 e. The second-order valence-electron chi connectivity index (χ2n) is 8.14. The van der Waals surface area contributed by atoms with Crippen LogP contribution in [-0.4, -0.2) is 54.9 Å². The Morgan fingerprint density at radius 3 is 2.06 bits per heavy atom. The van der Waals surface area contributed by atoms with Crippen molar-refractivity contribution in [3.8, 4) is 11.1 Å². The van der Waals surface area contributed by atoms with Gasteiger partial charge in [-0.1, -0.05) is 62.4 Å². The van der Waals surface area contributed by atoms with E-state index in [0.717, 1.165) is 27.3 Å². The highest BCUT2D eigenvalue weighted by Gasteiger charge is 2.38. The first-order valence-electron chi connectivity index (χ1n) is 11.0. The lowest BCUT2D eigenvalue weighted by Crippen LogP contribution is -2.49. The van der Waals surface area contributed by atoms with Crippen LogP contribution in [-0.2, 0) is 19.2 Å². The number of ether oxygens (including phenoxy) is 1. The van der Waals surface area contributed by atoms with Crippen molar-refractivity contribution < 1.29 is 29.1 Å². The lowest BCUT2D eigenvalue weighted by molar-refractivity contribution is -0.194. The summed E-state index contributed by atoms with van der Waals surface area (Å²) < 4.78 is 5.56. The van der Waals surface area contributed by atoms with Crippen molar-refractivity contribution in [2.24, 2.45) is 5.41 Å². The Morgan fingerprint density at radius 2 is 1.55 bits per heavy atom. The molecule has 0 bridgehead atoms. The first kappa shape index (κ1) is 24.3. The summed E-state index contributed by atoms with van der Waals surface area (Å²) in [7, 11) is 1.37. The molecule has 2 N–H and O–H groups in total. The molecule has 0 saturated heterocycles. The molecule has 0 radical (unpaired) electrons. The number of fused-ring (bicyclic) bond motifs is 3. The molecule has 8 nitrogen and oxygen atoms in total. The molecule has 0 fully saturated rings. The lowest BCUT2D eigenvalue weighted by atomic mass is 9.81. The molecule has 2 aromatic carbocycles. The summed E-state index contributed by atoms with van der Waals surface area (Å²) in [5, 5.41) is 12.4. The van der Waals surface area contributed by atoms with E-state index in [9.17, 15) is 14.4 Å². The minimum Gasteiger partial charge on any atom is -0.479 e. The molecule has 1 aliphatic rings. The van der Waals surface area contributed by atoms with E-state index in [1.54, 1.807) is 0 Å². The summed E-state index contributed by atoms with van der Waals surface area (Å²) in [6, 6.07) is 16.2. The van der Waals surface area contributed by atoms with Crippen molar-refractivity contribution in [1.82, 2.24) is 10.4 Å². The number of carbonyl (C=O) groups is 3. The molecule has 0 saturated carbocycles. The van der Waals surface area contributed by atoms with Crippen LogP contribution in [0.25, 0.3) is 11.1 Å². The Labute approximate surface area is 193 Å². The number of hydrogen-bond acceptors (Lipinski definition) is 5. The molecule has 2 aromatic rings. The molecule has 8 heteroatoms. The predicted molar refractivity (Wildman–Crippen MR) is 122 cm³/mol. The molecule has 1 aliphatic carbocycles. The summed E-state index contributed by atoms with van der Waals surface area (Å²) in [6.07, 6.45) is 0.268. The Morgan fingerprint density at radius 1 is 1.00 bits per heavy atom. The van der Waals surface area contributed by atoms with Gasteiger partial charge in [0.25, 0.3) is 5.91 Å². The molecule has 0 heterocycles. The number of carboxylic acid groups (broad SMARTS) is 1. The van der Waals surface area contributed by atoms with Crippen LogP contribution in [0.15, 0.2) is 48.5 Å². The third kappa shape index (κ3) is 5.17. The van der Waals surface area contributed by atoms with Gasteiger partial charge >= 0.3 is 12.1 Å². The molecule has 2 amide bonds. The van der Waals surface area contributed by atoms with E-state index in [1.807, 2.05) is 50.2 Å². The minimum absolute atomic E-state index is 0.0519. The summed E-state index contributed by atoms with van der Waals surface area (Å²) in [6.45, 7) is 3.29. The van der Waals surface area contributed by atoms with Crippen molar-refractivity contribution in [1.29, 1.82) is 0 Å². The average molecular weight is 455 g/mol. The normalized spacial score (nSPS) is 12.6. The smallest absolute Gasteiger partial charge is 0.407 e. The van der Waals surface area contributed by atoms with Crippen LogP contribution in [0.5, 0.6) is 0 Å². The quantitative estimate of drug-likeness (QED) is 0.529. The van der Waals surface area contributed by atoms with Crippen LogP contribution in [0.2, 0.25) is 0 Å². The zero-order valence-corrected chi connectivity index (χ0v) is 19.2. The average Bonchev–Trinajstić information content (AvgIpc) is 3.15. The van der Waals surface area contributed by atoms with Crippen LogP contribution in [0, 0.1) is 5.41 Å². The number of nitrogens with one attached hydrogen (secondary N) is 1. The van der Waals surface area contributed by atoms with Crippen LogP contribution >= 0.6 is 0 Å². The monoisotopic (exact) mass is 454 g/mol. The van der Waals surface area contributed by atoms with Gasteiger partial charge in [-0.15, -0.1) is 0 Å². The van der Waals surface area contributed by atoms with Gasteiger partial charge in [-0.2, -0.15) is 0 Å². The van der Waals surface area contributed by atoms with Gasteiger partial charge in [0.15, 0.2) is 6.61 Å². The number of rotatable bonds is 10. The van der Waals surface area contributed by atoms with Crippen molar-refractivity contribution in [3.63, 3.8) is 0 Å². The zero-order valence-electron chi connectivity index (χ0n) is 19.2. The van der Waals surface area contributed by atoms with E-state index < -0.39 is 30.0 Å². The fourth-order valence-corrected chi connectivity index (χ4v) is 4.31. The Bertz CT molecular complexity index is 972. The molecular formula is C25H30N2O6. The fraction of sp³-hybridized carbons (Fsp3) is 0.400. The number of hydrogen-bond donors (Lipinski definition) is 2. The van der Waals surface area contributed by atoms with Gasteiger partial charge in [0.2, 0.25) is 0 Å². The molecule has 33 heavy (non-hydrogen) atoms. The summed E-state index contributed by atoms with van der Waals surface area (Å²) >= 11 is 0. The van der Waals surface area contributed by atoms with Crippen LogP contribution in [0.1, 0.15) is 43.7 Å². The van der Waals surface area contributed by atoms with E-state index in [4.69, 9.17) is 14.7 Å². The van der Waals surface area contributed by atoms with E-state index in [0.29, 0.717) is 12.8 Å². The molecule has 0 spiro atoms. The number of carbonyl (C=O) groups excluding carboxylic acids is 2. The zero-order chi connectivity index (χ0) is 24.0. The van der Waals surface area contributed by atoms with Gasteiger partial charge < -0.3 is 15.2 Å². The molecule has 0 unspecified atom stereocenters. The number of amides is 2. The maximum absolute atomic E-state index is 12.9. The molecule has 176 valence electrons. The maximum atomic E-state index is 12.9. The standard InChI is InChI=1S/C25H30N2O6/c1-4-25(5-2,23(30)27(3)33-15-22(28)29)16-26-24(31)32-14-21-19-12-8-6-10-17(19)18-11-7-9-13-20(18)21/h6-13,21H,4-5,14-16H2,1-3H3,(H,26,31)(H,28,29). The van der Waals surface area contributed by atoms with Crippen molar-refractivity contribution in [3.05, 3.63) is 59.7 Å². The van der Waals surface area contributed by atoms with Gasteiger partial charge in [-0.3, -0.25) is 9.63 Å². The lowest BCUT2D eigenvalue weighted by Gasteiger charge is -2.33. The summed E-state index contributed by atoms with van der Waals surface area (Å²) in [5.74, 6) is -1.62. The molecule has 0 atom stereocenters. The van der Waals surface area contributed by atoms with Crippen LogP contribution in [0.4, 0.5) is 4.79 Å². The Balaban J connectivity index is 1.62.